The molecule has 0 saturated carbocycles. The predicted octanol–water partition coefficient (Wildman–Crippen LogP) is 2.84. The summed E-state index contributed by atoms with van der Waals surface area (Å²) < 4.78 is 0. The summed E-state index contributed by atoms with van der Waals surface area (Å²) in [5.41, 5.74) is 0.218. The summed E-state index contributed by atoms with van der Waals surface area (Å²) in [7, 11) is 0. The number of alkyl halides is 1. The van der Waals surface area contributed by atoms with Crippen LogP contribution in [0, 0.1) is 22.0 Å². The average Bonchev–Trinajstić information content (AvgIpc) is 2.15. The van der Waals surface area contributed by atoms with Gasteiger partial charge in [-0.25, -0.2) is 0 Å². The van der Waals surface area contributed by atoms with Crippen LogP contribution < -0.4 is 0 Å². The molecular weight excluding hydrogens is 225 g/mol. The van der Waals surface area contributed by atoms with Crippen molar-refractivity contribution in [1.82, 2.24) is 0 Å². The Morgan fingerprint density at radius 1 is 1.50 bits per heavy atom. The molecule has 0 spiro atoms. The first kappa shape index (κ1) is 10.8. The lowest BCUT2D eigenvalue weighted by Gasteiger charge is -1.95. The van der Waals surface area contributed by atoms with E-state index in [9.17, 15) is 10.1 Å². The van der Waals surface area contributed by atoms with Crippen LogP contribution in [0.4, 0.5) is 5.69 Å². The molecule has 0 amide bonds. The summed E-state index contributed by atoms with van der Waals surface area (Å²) in [4.78, 5) is 10.1. The third kappa shape index (κ3) is 2.63. The van der Waals surface area contributed by atoms with Gasteiger partial charge in [-0.15, -0.1) is 11.6 Å². The van der Waals surface area contributed by atoms with Gasteiger partial charge in [-0.05, 0) is 12.1 Å². The van der Waals surface area contributed by atoms with Gasteiger partial charge in [0, 0.05) is 11.1 Å². The molecule has 0 radical (unpaired) electrons. The third-order valence-corrected chi connectivity index (χ3v) is 1.82. The zero-order valence-corrected chi connectivity index (χ0v) is 8.47. The van der Waals surface area contributed by atoms with Gasteiger partial charge in [0.1, 0.15) is 5.56 Å². The predicted molar refractivity (Wildman–Crippen MR) is 55.7 cm³/mol. The molecule has 0 aliphatic heterocycles. The standard InChI is InChI=1S/C9H5Cl2NO2/c10-5-1-2-7-3-4-8(11)6-9(7)12(13)14/h3-4,6H,5H2. The van der Waals surface area contributed by atoms with Crippen molar-refractivity contribution in [2.45, 2.75) is 0 Å². The molecule has 1 aromatic carbocycles. The van der Waals surface area contributed by atoms with Gasteiger partial charge in [-0.1, -0.05) is 23.4 Å². The lowest BCUT2D eigenvalue weighted by molar-refractivity contribution is -0.385. The molecule has 1 aromatic rings. The number of hydrogen-bond acceptors (Lipinski definition) is 2. The summed E-state index contributed by atoms with van der Waals surface area (Å²) in [5, 5.41) is 10.9. The summed E-state index contributed by atoms with van der Waals surface area (Å²) in [6.07, 6.45) is 0. The second-order valence-electron chi connectivity index (χ2n) is 2.35. The SMILES string of the molecule is O=[N+]([O-])c1cc(Cl)ccc1C#CCCl. The summed E-state index contributed by atoms with van der Waals surface area (Å²) >= 11 is 11.0. The minimum absolute atomic E-state index is 0.102. The van der Waals surface area contributed by atoms with Gasteiger partial charge in [0.25, 0.3) is 5.69 Å². The maximum atomic E-state index is 10.6. The maximum absolute atomic E-state index is 10.6. The zero-order valence-electron chi connectivity index (χ0n) is 6.96. The molecule has 0 N–H and O–H groups in total. The minimum Gasteiger partial charge on any atom is -0.258 e. The molecule has 0 atom stereocenters. The molecule has 3 nitrogen and oxygen atoms in total. The van der Waals surface area contributed by atoms with Gasteiger partial charge in [0.2, 0.25) is 0 Å². The van der Waals surface area contributed by atoms with Crippen molar-refractivity contribution in [2.24, 2.45) is 0 Å². The highest BCUT2D eigenvalue weighted by Gasteiger charge is 2.11. The number of halogens is 2. The van der Waals surface area contributed by atoms with E-state index in [-0.39, 0.29) is 11.6 Å². The highest BCUT2D eigenvalue weighted by atomic mass is 35.5. The minimum atomic E-state index is -0.524. The second-order valence-corrected chi connectivity index (χ2v) is 3.06. The average molecular weight is 230 g/mol. The fourth-order valence-electron chi connectivity index (χ4n) is 0.890. The lowest BCUT2D eigenvalue weighted by Crippen LogP contribution is -1.91. The number of nitro groups is 1. The van der Waals surface area contributed by atoms with E-state index in [2.05, 4.69) is 11.8 Å². The van der Waals surface area contributed by atoms with E-state index < -0.39 is 4.92 Å². The molecule has 0 aliphatic carbocycles. The quantitative estimate of drug-likeness (QED) is 0.322. The van der Waals surface area contributed by atoms with Crippen molar-refractivity contribution in [3.05, 3.63) is 38.9 Å². The smallest absolute Gasteiger partial charge is 0.258 e. The molecule has 0 unspecified atom stereocenters. The van der Waals surface area contributed by atoms with Crippen molar-refractivity contribution < 1.29 is 4.92 Å². The van der Waals surface area contributed by atoms with E-state index in [1.54, 1.807) is 6.07 Å². The summed E-state index contributed by atoms with van der Waals surface area (Å²) in [6, 6.07) is 4.31. The van der Waals surface area contributed by atoms with E-state index in [4.69, 9.17) is 23.2 Å². The van der Waals surface area contributed by atoms with Gasteiger partial charge in [-0.3, -0.25) is 10.1 Å². The van der Waals surface area contributed by atoms with Gasteiger partial charge < -0.3 is 0 Å². The number of benzene rings is 1. The van der Waals surface area contributed by atoms with E-state index >= 15 is 0 Å². The van der Waals surface area contributed by atoms with Crippen LogP contribution in [0.2, 0.25) is 5.02 Å². The largest absolute Gasteiger partial charge is 0.286 e. The van der Waals surface area contributed by atoms with Gasteiger partial charge in [-0.2, -0.15) is 0 Å². The van der Waals surface area contributed by atoms with Gasteiger partial charge >= 0.3 is 0 Å². The van der Waals surface area contributed by atoms with Gasteiger partial charge in [0.05, 0.1) is 10.8 Å². The van der Waals surface area contributed by atoms with Crippen LogP contribution in [-0.2, 0) is 0 Å². The summed E-state index contributed by atoms with van der Waals surface area (Å²) in [5.74, 6) is 5.28. The van der Waals surface area contributed by atoms with Crippen molar-refractivity contribution in [2.75, 3.05) is 5.88 Å². The Morgan fingerprint density at radius 2 is 2.21 bits per heavy atom. The first-order chi connectivity index (χ1) is 6.65. The second kappa shape index (κ2) is 4.85. The molecule has 0 heterocycles. The molecule has 1 rings (SSSR count). The Labute approximate surface area is 90.8 Å². The number of rotatable bonds is 1. The Kier molecular flexibility index (Phi) is 3.75. The Balaban J connectivity index is 3.22. The molecule has 72 valence electrons. The third-order valence-electron chi connectivity index (χ3n) is 1.45. The van der Waals surface area contributed by atoms with Gasteiger partial charge in [0.15, 0.2) is 0 Å². The van der Waals surface area contributed by atoms with Crippen LogP contribution in [0.5, 0.6) is 0 Å². The molecule has 14 heavy (non-hydrogen) atoms. The Morgan fingerprint density at radius 3 is 2.79 bits per heavy atom. The Hall–Kier alpha value is -1.24. The van der Waals surface area contributed by atoms with E-state index in [1.165, 1.54) is 12.1 Å². The molecule has 5 heteroatoms. The fraction of sp³-hybridized carbons (Fsp3) is 0.111. The molecule has 0 aromatic heterocycles. The lowest BCUT2D eigenvalue weighted by atomic mass is 10.2. The fourth-order valence-corrected chi connectivity index (χ4v) is 1.12. The monoisotopic (exact) mass is 229 g/mol. The number of nitro benzene ring substituents is 1. The van der Waals surface area contributed by atoms with E-state index in [0.29, 0.717) is 10.6 Å². The Bertz CT molecular complexity index is 421. The highest BCUT2D eigenvalue weighted by Crippen LogP contribution is 2.22. The van der Waals surface area contributed by atoms with Crippen LogP contribution in [0.15, 0.2) is 18.2 Å². The molecule has 0 saturated heterocycles. The first-order valence-electron chi connectivity index (χ1n) is 3.64. The van der Waals surface area contributed by atoms with Crippen LogP contribution in [0.1, 0.15) is 5.56 Å². The number of nitrogens with zero attached hydrogens (tertiary/aromatic N) is 1. The molecule has 0 aliphatic rings. The topological polar surface area (TPSA) is 43.1 Å². The maximum Gasteiger partial charge on any atom is 0.286 e. The van der Waals surface area contributed by atoms with Crippen LogP contribution in [0.3, 0.4) is 0 Å². The van der Waals surface area contributed by atoms with Crippen LogP contribution in [-0.4, -0.2) is 10.8 Å². The van der Waals surface area contributed by atoms with Crippen molar-refractivity contribution >= 4 is 28.9 Å². The van der Waals surface area contributed by atoms with Crippen molar-refractivity contribution in [1.29, 1.82) is 0 Å². The van der Waals surface area contributed by atoms with Crippen LogP contribution in [0.25, 0.3) is 0 Å². The summed E-state index contributed by atoms with van der Waals surface area (Å²) in [6.45, 7) is 0. The molecular formula is C9H5Cl2NO2. The highest BCUT2D eigenvalue weighted by molar-refractivity contribution is 6.30. The molecule has 0 fully saturated rings. The first-order valence-corrected chi connectivity index (χ1v) is 4.55. The van der Waals surface area contributed by atoms with Crippen molar-refractivity contribution in [3.8, 4) is 11.8 Å². The van der Waals surface area contributed by atoms with Crippen molar-refractivity contribution in [3.63, 3.8) is 0 Å². The zero-order chi connectivity index (χ0) is 10.6. The molecule has 0 bridgehead atoms. The van der Waals surface area contributed by atoms with E-state index in [0.717, 1.165) is 0 Å². The van der Waals surface area contributed by atoms with E-state index in [1.807, 2.05) is 0 Å². The number of hydrogen-bond donors (Lipinski definition) is 0. The normalized spacial score (nSPS) is 9.00. The van der Waals surface area contributed by atoms with Crippen LogP contribution >= 0.6 is 23.2 Å².